The van der Waals surface area contributed by atoms with E-state index in [0.29, 0.717) is 16.6 Å². The lowest BCUT2D eigenvalue weighted by atomic mass is 10.0. The third-order valence-corrected chi connectivity index (χ3v) is 4.07. The third kappa shape index (κ3) is 2.70. The van der Waals surface area contributed by atoms with Gasteiger partial charge < -0.3 is 5.73 Å². The number of fused-ring (bicyclic) bond motifs is 1. The van der Waals surface area contributed by atoms with Gasteiger partial charge in [0, 0.05) is 11.3 Å². The largest absolute Gasteiger partial charge is 0.368 e. The van der Waals surface area contributed by atoms with Crippen LogP contribution in [0.25, 0.3) is 28.0 Å². The van der Waals surface area contributed by atoms with E-state index in [9.17, 15) is 0 Å². The monoisotopic (exact) mass is 350 g/mol. The van der Waals surface area contributed by atoms with Crippen molar-refractivity contribution in [3.63, 3.8) is 0 Å². The van der Waals surface area contributed by atoms with Crippen LogP contribution in [-0.2, 0) is 0 Å². The first kappa shape index (κ1) is 15.5. The van der Waals surface area contributed by atoms with E-state index in [4.69, 9.17) is 17.3 Å². The van der Waals surface area contributed by atoms with Crippen LogP contribution in [0, 0.1) is 13.8 Å². The molecule has 0 saturated carbocycles. The topological polar surface area (TPSA) is 82.0 Å². The normalized spacial score (nSPS) is 11.2. The van der Waals surface area contributed by atoms with Crippen LogP contribution < -0.4 is 5.73 Å². The van der Waals surface area contributed by atoms with Crippen LogP contribution in [-0.4, -0.2) is 24.6 Å². The highest BCUT2D eigenvalue weighted by atomic mass is 35.5. The number of nitrogens with zero attached hydrogens (tertiary/aromatic N) is 5. The molecule has 25 heavy (non-hydrogen) atoms. The van der Waals surface area contributed by atoms with Gasteiger partial charge in [-0.15, -0.1) is 5.10 Å². The maximum absolute atomic E-state index is 6.19. The smallest absolute Gasteiger partial charge is 0.223 e. The second-order valence-corrected chi connectivity index (χ2v) is 6.16. The summed E-state index contributed by atoms with van der Waals surface area (Å²) in [5.74, 6) is 0.909. The second-order valence-electron chi connectivity index (χ2n) is 5.77. The Morgan fingerprint density at radius 3 is 2.44 bits per heavy atom. The van der Waals surface area contributed by atoms with Gasteiger partial charge in [-0.3, -0.25) is 0 Å². The summed E-state index contributed by atoms with van der Waals surface area (Å²) < 4.78 is 1.56. The van der Waals surface area contributed by atoms with E-state index in [1.54, 1.807) is 10.6 Å². The molecule has 4 rings (SSSR count). The van der Waals surface area contributed by atoms with Crippen molar-refractivity contribution in [2.24, 2.45) is 0 Å². The van der Waals surface area contributed by atoms with Gasteiger partial charge in [-0.25, -0.2) is 15.0 Å². The molecule has 0 amide bonds. The van der Waals surface area contributed by atoms with Crippen LogP contribution in [0.1, 0.15) is 11.5 Å². The molecular formula is C18H15ClN6. The van der Waals surface area contributed by atoms with E-state index < -0.39 is 0 Å². The second kappa shape index (κ2) is 5.82. The molecule has 0 bridgehead atoms. The van der Waals surface area contributed by atoms with Crippen molar-refractivity contribution in [1.29, 1.82) is 0 Å². The minimum Gasteiger partial charge on any atom is -0.368 e. The molecule has 1 aromatic carbocycles. The number of hydrogen-bond acceptors (Lipinski definition) is 5. The van der Waals surface area contributed by atoms with Crippen LogP contribution in [0.15, 0.2) is 42.5 Å². The van der Waals surface area contributed by atoms with Crippen molar-refractivity contribution in [2.45, 2.75) is 13.8 Å². The number of nitrogens with two attached hydrogens (primary N) is 1. The standard InChI is InChI=1S/C18H15ClN6/c1-10-8-13(9-14(19)21-10)15-16(12-6-4-3-5-7-12)23-18(20)25-17(15)22-11(2)24-25/h3-9H,1-2H3,(H2,20,23). The van der Waals surface area contributed by atoms with Gasteiger partial charge in [0.25, 0.3) is 0 Å². The summed E-state index contributed by atoms with van der Waals surface area (Å²) in [5.41, 5.74) is 11.0. The zero-order valence-corrected chi connectivity index (χ0v) is 14.5. The first-order chi connectivity index (χ1) is 12.0. The summed E-state index contributed by atoms with van der Waals surface area (Å²) in [5, 5.41) is 4.76. The fourth-order valence-electron chi connectivity index (χ4n) is 2.90. The Hall–Kier alpha value is -2.99. The average Bonchev–Trinajstić information content (AvgIpc) is 2.96. The van der Waals surface area contributed by atoms with E-state index in [1.165, 1.54) is 0 Å². The van der Waals surface area contributed by atoms with Crippen LogP contribution in [0.5, 0.6) is 0 Å². The molecule has 0 saturated heterocycles. The summed E-state index contributed by atoms with van der Waals surface area (Å²) in [6.45, 7) is 3.72. The predicted octanol–water partition coefficient (Wildman–Crippen LogP) is 3.71. The molecule has 0 aliphatic heterocycles. The van der Waals surface area contributed by atoms with Crippen molar-refractivity contribution >= 4 is 23.2 Å². The van der Waals surface area contributed by atoms with Gasteiger partial charge in [0.2, 0.25) is 5.95 Å². The van der Waals surface area contributed by atoms with Crippen molar-refractivity contribution in [2.75, 3.05) is 5.73 Å². The lowest BCUT2D eigenvalue weighted by Gasteiger charge is -2.12. The Bertz CT molecular complexity index is 1070. The van der Waals surface area contributed by atoms with Gasteiger partial charge in [-0.1, -0.05) is 41.9 Å². The molecule has 6 nitrogen and oxygen atoms in total. The van der Waals surface area contributed by atoms with Crippen LogP contribution in [0.2, 0.25) is 5.15 Å². The Morgan fingerprint density at radius 1 is 0.960 bits per heavy atom. The molecular weight excluding hydrogens is 336 g/mol. The quantitative estimate of drug-likeness (QED) is 0.557. The van der Waals surface area contributed by atoms with Crippen LogP contribution in [0.4, 0.5) is 5.95 Å². The minimum absolute atomic E-state index is 0.287. The molecule has 3 heterocycles. The Balaban J connectivity index is 2.14. The highest BCUT2D eigenvalue weighted by Crippen LogP contribution is 2.35. The van der Waals surface area contributed by atoms with Gasteiger partial charge in [-0.2, -0.15) is 4.52 Å². The molecule has 0 aliphatic carbocycles. The Morgan fingerprint density at radius 2 is 1.72 bits per heavy atom. The molecule has 2 N–H and O–H groups in total. The summed E-state index contributed by atoms with van der Waals surface area (Å²) in [6.07, 6.45) is 0. The third-order valence-electron chi connectivity index (χ3n) is 3.87. The number of rotatable bonds is 2. The first-order valence-electron chi connectivity index (χ1n) is 7.76. The van der Waals surface area contributed by atoms with Crippen LogP contribution >= 0.6 is 11.6 Å². The van der Waals surface area contributed by atoms with Gasteiger partial charge >= 0.3 is 0 Å². The van der Waals surface area contributed by atoms with E-state index >= 15 is 0 Å². The molecule has 0 unspecified atom stereocenters. The molecule has 7 heteroatoms. The van der Waals surface area contributed by atoms with Gasteiger partial charge in [-0.05, 0) is 31.5 Å². The van der Waals surface area contributed by atoms with Gasteiger partial charge in [0.05, 0.1) is 11.3 Å². The van der Waals surface area contributed by atoms with E-state index in [-0.39, 0.29) is 5.95 Å². The molecule has 0 radical (unpaired) electrons. The number of nitrogen functional groups attached to an aromatic ring is 1. The highest BCUT2D eigenvalue weighted by molar-refractivity contribution is 6.29. The van der Waals surface area contributed by atoms with Crippen LogP contribution in [0.3, 0.4) is 0 Å². The summed E-state index contributed by atoms with van der Waals surface area (Å²) >= 11 is 6.19. The predicted molar refractivity (Wildman–Crippen MR) is 98.3 cm³/mol. The Kier molecular flexibility index (Phi) is 3.62. The zero-order valence-electron chi connectivity index (χ0n) is 13.7. The van der Waals surface area contributed by atoms with Crippen molar-refractivity contribution in [1.82, 2.24) is 24.6 Å². The molecule has 3 aromatic heterocycles. The van der Waals surface area contributed by atoms with E-state index in [1.807, 2.05) is 50.2 Å². The fraction of sp³-hybridized carbons (Fsp3) is 0.111. The van der Waals surface area contributed by atoms with Crippen molar-refractivity contribution < 1.29 is 0 Å². The molecule has 0 fully saturated rings. The number of anilines is 1. The maximum atomic E-state index is 6.19. The molecule has 0 aliphatic rings. The number of aryl methyl sites for hydroxylation is 2. The molecule has 0 atom stereocenters. The van der Waals surface area contributed by atoms with Crippen molar-refractivity contribution in [3.05, 3.63) is 59.1 Å². The lowest BCUT2D eigenvalue weighted by Crippen LogP contribution is -2.06. The SMILES string of the molecule is Cc1cc(-c2c(-c3ccccc3)nc(N)n3nc(C)nc23)cc(Cl)n1. The Labute approximate surface area is 149 Å². The lowest BCUT2D eigenvalue weighted by molar-refractivity contribution is 0.917. The molecule has 4 aromatic rings. The fourth-order valence-corrected chi connectivity index (χ4v) is 3.15. The number of halogens is 1. The number of aromatic nitrogens is 5. The molecule has 0 spiro atoms. The number of benzene rings is 1. The van der Waals surface area contributed by atoms with E-state index in [0.717, 1.165) is 28.1 Å². The summed E-state index contributed by atoms with van der Waals surface area (Å²) in [7, 11) is 0. The highest BCUT2D eigenvalue weighted by Gasteiger charge is 2.19. The maximum Gasteiger partial charge on any atom is 0.223 e. The van der Waals surface area contributed by atoms with E-state index in [2.05, 4.69) is 20.1 Å². The number of pyridine rings is 1. The number of hydrogen-bond donors (Lipinski definition) is 1. The average molecular weight is 351 g/mol. The van der Waals surface area contributed by atoms with Crippen molar-refractivity contribution in [3.8, 4) is 22.4 Å². The minimum atomic E-state index is 0.287. The first-order valence-corrected chi connectivity index (χ1v) is 8.13. The van der Waals surface area contributed by atoms with Gasteiger partial charge in [0.15, 0.2) is 5.65 Å². The summed E-state index contributed by atoms with van der Waals surface area (Å²) in [6, 6.07) is 13.6. The van der Waals surface area contributed by atoms with Gasteiger partial charge in [0.1, 0.15) is 11.0 Å². The zero-order chi connectivity index (χ0) is 17.6. The summed E-state index contributed by atoms with van der Waals surface area (Å²) in [4.78, 5) is 13.4. The molecule has 124 valence electrons.